The summed E-state index contributed by atoms with van der Waals surface area (Å²) in [4.78, 5) is 14.6. The van der Waals surface area contributed by atoms with Gasteiger partial charge < -0.3 is 10.2 Å². The molecule has 3 aromatic rings. The number of rotatable bonds is 6. The summed E-state index contributed by atoms with van der Waals surface area (Å²) in [5.41, 5.74) is 1.53. The van der Waals surface area contributed by atoms with E-state index >= 15 is 0 Å². The number of benzene rings is 3. The van der Waals surface area contributed by atoms with Crippen molar-refractivity contribution >= 4 is 38.1 Å². The van der Waals surface area contributed by atoms with Crippen molar-refractivity contribution in [3.05, 3.63) is 66.7 Å². The minimum absolute atomic E-state index is 0.166. The van der Waals surface area contributed by atoms with Crippen LogP contribution in [0.15, 0.2) is 71.6 Å². The van der Waals surface area contributed by atoms with E-state index in [1.165, 1.54) is 4.31 Å². The van der Waals surface area contributed by atoms with Gasteiger partial charge in [-0.2, -0.15) is 4.31 Å². The minimum Gasteiger partial charge on any atom is -0.365 e. The van der Waals surface area contributed by atoms with Gasteiger partial charge in [-0.1, -0.05) is 30.3 Å². The first-order chi connectivity index (χ1) is 14.4. The van der Waals surface area contributed by atoms with Crippen LogP contribution in [0.5, 0.6) is 0 Å². The molecule has 1 saturated heterocycles. The second-order valence-electron chi connectivity index (χ2n) is 7.57. The smallest absolute Gasteiger partial charge is 0.243 e. The summed E-state index contributed by atoms with van der Waals surface area (Å²) in [6, 6.07) is 20.6. The Hall–Kier alpha value is -2.90. The largest absolute Gasteiger partial charge is 0.365 e. The highest BCUT2D eigenvalue weighted by atomic mass is 32.2. The summed E-state index contributed by atoms with van der Waals surface area (Å²) in [5, 5.41) is 5.12. The zero-order valence-corrected chi connectivity index (χ0v) is 17.7. The first-order valence-electron chi connectivity index (χ1n) is 10.0. The van der Waals surface area contributed by atoms with E-state index < -0.39 is 10.0 Å². The number of nitrogens with zero attached hydrogens (tertiary/aromatic N) is 2. The first-order valence-corrected chi connectivity index (χ1v) is 11.5. The van der Waals surface area contributed by atoms with E-state index in [0.29, 0.717) is 18.8 Å². The Morgan fingerprint density at radius 3 is 2.33 bits per heavy atom. The quantitative estimate of drug-likeness (QED) is 0.656. The first kappa shape index (κ1) is 20.4. The molecular weight excluding hydrogens is 398 g/mol. The molecule has 1 N–H and O–H groups in total. The molecule has 1 heterocycles. The van der Waals surface area contributed by atoms with E-state index in [2.05, 4.69) is 17.4 Å². The molecule has 1 amide bonds. The van der Waals surface area contributed by atoms with Gasteiger partial charge in [-0.25, -0.2) is 8.42 Å². The Morgan fingerprint density at radius 2 is 1.63 bits per heavy atom. The van der Waals surface area contributed by atoms with Crippen molar-refractivity contribution in [2.24, 2.45) is 0 Å². The zero-order valence-electron chi connectivity index (χ0n) is 16.9. The lowest BCUT2D eigenvalue weighted by molar-refractivity contribution is -0.114. The third-order valence-corrected chi connectivity index (χ3v) is 7.31. The number of carbonyl (C=O) groups is 1. The van der Waals surface area contributed by atoms with Gasteiger partial charge in [0, 0.05) is 31.5 Å². The standard InChI is InChI=1S/C23H25N3O3S/c1-25(21-11-8-18-6-2-3-7-19(18)16-21)17-23(27)24-20-9-12-22(13-10-20)30(28,29)26-14-4-5-15-26/h2-3,6-13,16H,4-5,14-15,17H2,1H3,(H,24,27). The molecular formula is C23H25N3O3S. The number of fused-ring (bicyclic) bond motifs is 1. The van der Waals surface area contributed by atoms with Crippen LogP contribution < -0.4 is 10.2 Å². The highest BCUT2D eigenvalue weighted by Gasteiger charge is 2.26. The summed E-state index contributed by atoms with van der Waals surface area (Å²) >= 11 is 0. The Bertz CT molecular complexity index is 1150. The van der Waals surface area contributed by atoms with Crippen LogP contribution in [-0.2, 0) is 14.8 Å². The lowest BCUT2D eigenvalue weighted by Gasteiger charge is -2.19. The van der Waals surface area contributed by atoms with Gasteiger partial charge in [0.15, 0.2) is 0 Å². The van der Waals surface area contributed by atoms with E-state index in [1.54, 1.807) is 24.3 Å². The fourth-order valence-corrected chi connectivity index (χ4v) is 5.23. The van der Waals surface area contributed by atoms with Crippen molar-refractivity contribution < 1.29 is 13.2 Å². The molecule has 1 aliphatic heterocycles. The summed E-state index contributed by atoms with van der Waals surface area (Å²) in [7, 11) is -1.57. The van der Waals surface area contributed by atoms with Crippen LogP contribution in [0, 0.1) is 0 Å². The van der Waals surface area contributed by atoms with Gasteiger partial charge in [0.2, 0.25) is 15.9 Å². The highest BCUT2D eigenvalue weighted by molar-refractivity contribution is 7.89. The van der Waals surface area contributed by atoms with Crippen LogP contribution in [0.2, 0.25) is 0 Å². The lowest BCUT2D eigenvalue weighted by atomic mass is 10.1. The number of hydrogen-bond acceptors (Lipinski definition) is 4. The molecule has 0 spiro atoms. The molecule has 0 radical (unpaired) electrons. The fourth-order valence-electron chi connectivity index (χ4n) is 3.71. The van der Waals surface area contributed by atoms with Crippen molar-refractivity contribution in [2.45, 2.75) is 17.7 Å². The molecule has 0 bridgehead atoms. The average molecular weight is 424 g/mol. The molecule has 3 aromatic carbocycles. The molecule has 1 aliphatic rings. The molecule has 0 unspecified atom stereocenters. The normalized spacial score (nSPS) is 14.7. The lowest BCUT2D eigenvalue weighted by Crippen LogP contribution is -2.30. The third-order valence-electron chi connectivity index (χ3n) is 5.40. The zero-order chi connectivity index (χ0) is 21.1. The maximum absolute atomic E-state index is 12.6. The molecule has 6 nitrogen and oxygen atoms in total. The van der Waals surface area contributed by atoms with E-state index in [1.807, 2.05) is 42.3 Å². The van der Waals surface area contributed by atoms with Crippen LogP contribution in [0.1, 0.15) is 12.8 Å². The maximum Gasteiger partial charge on any atom is 0.243 e. The Morgan fingerprint density at radius 1 is 0.967 bits per heavy atom. The van der Waals surface area contributed by atoms with Gasteiger partial charge in [-0.15, -0.1) is 0 Å². The number of sulfonamides is 1. The van der Waals surface area contributed by atoms with Crippen LogP contribution in [0.4, 0.5) is 11.4 Å². The van der Waals surface area contributed by atoms with Gasteiger partial charge in [-0.3, -0.25) is 4.79 Å². The molecule has 0 aliphatic carbocycles. The van der Waals surface area contributed by atoms with Crippen molar-refractivity contribution in [1.82, 2.24) is 4.31 Å². The van der Waals surface area contributed by atoms with Crippen LogP contribution >= 0.6 is 0 Å². The van der Waals surface area contributed by atoms with E-state index in [0.717, 1.165) is 29.3 Å². The van der Waals surface area contributed by atoms with E-state index in [9.17, 15) is 13.2 Å². The fraction of sp³-hybridized carbons (Fsp3) is 0.261. The summed E-state index contributed by atoms with van der Waals surface area (Å²) in [6.45, 7) is 1.33. The molecule has 0 atom stereocenters. The predicted molar refractivity (Wildman–Crippen MR) is 120 cm³/mol. The summed E-state index contributed by atoms with van der Waals surface area (Å²) in [5.74, 6) is -0.166. The summed E-state index contributed by atoms with van der Waals surface area (Å²) < 4.78 is 26.7. The predicted octanol–water partition coefficient (Wildman–Crippen LogP) is 3.70. The Labute approximate surface area is 177 Å². The van der Waals surface area contributed by atoms with Gasteiger partial charge >= 0.3 is 0 Å². The van der Waals surface area contributed by atoms with Crippen LogP contribution in [0.25, 0.3) is 10.8 Å². The topological polar surface area (TPSA) is 69.7 Å². The summed E-state index contributed by atoms with van der Waals surface area (Å²) in [6.07, 6.45) is 1.80. The molecule has 1 fully saturated rings. The van der Waals surface area contributed by atoms with E-state index in [4.69, 9.17) is 0 Å². The van der Waals surface area contributed by atoms with Gasteiger partial charge in [0.05, 0.1) is 11.4 Å². The third kappa shape index (κ3) is 4.32. The number of nitrogens with one attached hydrogen (secondary N) is 1. The minimum atomic E-state index is -3.44. The second kappa shape index (κ2) is 8.45. The number of hydrogen-bond donors (Lipinski definition) is 1. The van der Waals surface area contributed by atoms with Crippen molar-refractivity contribution in [3.8, 4) is 0 Å². The average Bonchev–Trinajstić information content (AvgIpc) is 3.29. The molecule has 0 aromatic heterocycles. The van der Waals surface area contributed by atoms with Gasteiger partial charge in [0.25, 0.3) is 0 Å². The van der Waals surface area contributed by atoms with Gasteiger partial charge in [0.1, 0.15) is 0 Å². The Balaban J connectivity index is 1.39. The van der Waals surface area contributed by atoms with Gasteiger partial charge in [-0.05, 0) is 60.0 Å². The van der Waals surface area contributed by atoms with E-state index in [-0.39, 0.29) is 17.3 Å². The van der Waals surface area contributed by atoms with Crippen LogP contribution in [-0.4, -0.2) is 45.3 Å². The number of anilines is 2. The molecule has 0 saturated carbocycles. The monoisotopic (exact) mass is 423 g/mol. The maximum atomic E-state index is 12.6. The molecule has 30 heavy (non-hydrogen) atoms. The number of carbonyl (C=O) groups excluding carboxylic acids is 1. The molecule has 4 rings (SSSR count). The molecule has 7 heteroatoms. The van der Waals surface area contributed by atoms with Crippen molar-refractivity contribution in [3.63, 3.8) is 0 Å². The van der Waals surface area contributed by atoms with Crippen LogP contribution in [0.3, 0.4) is 0 Å². The van der Waals surface area contributed by atoms with Crippen molar-refractivity contribution in [2.75, 3.05) is 36.9 Å². The Kier molecular flexibility index (Phi) is 5.74. The SMILES string of the molecule is CN(CC(=O)Nc1ccc(S(=O)(=O)N2CCCC2)cc1)c1ccc2ccccc2c1. The second-order valence-corrected chi connectivity index (χ2v) is 9.51. The highest BCUT2D eigenvalue weighted by Crippen LogP contribution is 2.23. The number of likely N-dealkylation sites (N-methyl/N-ethyl adjacent to an activating group) is 1. The molecule has 156 valence electrons. The van der Waals surface area contributed by atoms with Crippen molar-refractivity contribution in [1.29, 1.82) is 0 Å². The number of amides is 1.